The molecule has 0 aromatic carbocycles. The van der Waals surface area contributed by atoms with Gasteiger partial charge in [0.2, 0.25) is 0 Å². The molecule has 1 rings (SSSR count). The first-order valence-electron chi connectivity index (χ1n) is 5.03. The second-order valence-electron chi connectivity index (χ2n) is 3.46. The molecule has 1 N–H and O–H groups in total. The Morgan fingerprint density at radius 1 is 1.44 bits per heavy atom. The summed E-state index contributed by atoms with van der Waals surface area (Å²) in [6, 6.07) is 0. The smallest absolute Gasteiger partial charge is 0.193 e. The molecule has 0 atom stereocenters. The monoisotopic (exact) mass is 242 g/mol. The van der Waals surface area contributed by atoms with E-state index in [1.807, 2.05) is 7.05 Å². The van der Waals surface area contributed by atoms with Crippen molar-refractivity contribution in [3.8, 4) is 5.75 Å². The molecule has 1 aromatic rings. The molecule has 1 heterocycles. The second kappa shape index (κ2) is 6.55. The van der Waals surface area contributed by atoms with Crippen LogP contribution in [0.5, 0.6) is 5.75 Å². The second-order valence-corrected chi connectivity index (χ2v) is 4.55. The molecule has 90 valence electrons. The fourth-order valence-corrected chi connectivity index (χ4v) is 2.23. The van der Waals surface area contributed by atoms with Crippen LogP contribution in [0.1, 0.15) is 0 Å². The van der Waals surface area contributed by atoms with Gasteiger partial charge in [-0.05, 0) is 14.1 Å². The number of hydrogen-bond donors (Lipinski definition) is 1. The zero-order valence-corrected chi connectivity index (χ0v) is 11.0. The standard InChI is InChI=1S/C10H18N4OS/c1-11-9-8(15-4)10(13-7-12-9)16-6-5-14(2)3/h7H,5-6H2,1-4H3,(H,11,12,13). The maximum absolute atomic E-state index is 5.30. The summed E-state index contributed by atoms with van der Waals surface area (Å²) in [6.45, 7) is 1.01. The van der Waals surface area contributed by atoms with Gasteiger partial charge >= 0.3 is 0 Å². The van der Waals surface area contributed by atoms with Gasteiger partial charge < -0.3 is 15.0 Å². The van der Waals surface area contributed by atoms with E-state index in [1.165, 1.54) is 0 Å². The maximum Gasteiger partial charge on any atom is 0.193 e. The molecule has 0 fully saturated rings. The van der Waals surface area contributed by atoms with Crippen molar-refractivity contribution in [2.75, 3.05) is 45.9 Å². The third kappa shape index (κ3) is 3.53. The van der Waals surface area contributed by atoms with Gasteiger partial charge in [-0.2, -0.15) is 0 Å². The molecule has 16 heavy (non-hydrogen) atoms. The maximum atomic E-state index is 5.30. The molecule has 0 aliphatic rings. The molecule has 1 aromatic heterocycles. The number of anilines is 1. The SMILES string of the molecule is CNc1ncnc(SCCN(C)C)c1OC. The lowest BCUT2D eigenvalue weighted by Crippen LogP contribution is -2.15. The van der Waals surface area contributed by atoms with Crippen LogP contribution in [0.4, 0.5) is 5.82 Å². The molecule has 0 aliphatic carbocycles. The van der Waals surface area contributed by atoms with Crippen molar-refractivity contribution < 1.29 is 4.74 Å². The first-order chi connectivity index (χ1) is 7.69. The van der Waals surface area contributed by atoms with E-state index in [1.54, 1.807) is 25.2 Å². The summed E-state index contributed by atoms with van der Waals surface area (Å²) in [5, 5.41) is 3.86. The van der Waals surface area contributed by atoms with Gasteiger partial charge in [-0.3, -0.25) is 0 Å². The van der Waals surface area contributed by atoms with Crippen LogP contribution >= 0.6 is 11.8 Å². The fraction of sp³-hybridized carbons (Fsp3) is 0.600. The summed E-state index contributed by atoms with van der Waals surface area (Å²) in [7, 11) is 7.56. The molecule has 0 spiro atoms. The first-order valence-corrected chi connectivity index (χ1v) is 6.02. The van der Waals surface area contributed by atoms with E-state index in [-0.39, 0.29) is 0 Å². The predicted octanol–water partition coefficient (Wildman–Crippen LogP) is 1.18. The Morgan fingerprint density at radius 3 is 2.75 bits per heavy atom. The molecular weight excluding hydrogens is 224 g/mol. The van der Waals surface area contributed by atoms with Crippen LogP contribution in [0.3, 0.4) is 0 Å². The number of aromatic nitrogens is 2. The normalized spacial score (nSPS) is 10.6. The number of nitrogens with zero attached hydrogens (tertiary/aromatic N) is 3. The number of rotatable bonds is 6. The quantitative estimate of drug-likeness (QED) is 0.597. The van der Waals surface area contributed by atoms with Crippen LogP contribution in [-0.2, 0) is 0 Å². The summed E-state index contributed by atoms with van der Waals surface area (Å²) >= 11 is 1.67. The largest absolute Gasteiger partial charge is 0.490 e. The molecular formula is C10H18N4OS. The molecule has 0 unspecified atom stereocenters. The van der Waals surface area contributed by atoms with Crippen LogP contribution < -0.4 is 10.1 Å². The van der Waals surface area contributed by atoms with E-state index in [9.17, 15) is 0 Å². The van der Waals surface area contributed by atoms with Gasteiger partial charge in [0.15, 0.2) is 11.6 Å². The van der Waals surface area contributed by atoms with Crippen molar-refractivity contribution in [2.45, 2.75) is 5.03 Å². The molecule has 0 aliphatic heterocycles. The number of hydrogen-bond acceptors (Lipinski definition) is 6. The number of methoxy groups -OCH3 is 1. The van der Waals surface area contributed by atoms with E-state index in [2.05, 4.69) is 34.3 Å². The van der Waals surface area contributed by atoms with Crippen molar-refractivity contribution in [3.63, 3.8) is 0 Å². The first kappa shape index (κ1) is 13.1. The Hall–Kier alpha value is -1.01. The average Bonchev–Trinajstić information content (AvgIpc) is 2.28. The summed E-state index contributed by atoms with van der Waals surface area (Å²) in [4.78, 5) is 10.5. The lowest BCUT2D eigenvalue weighted by atomic mass is 10.5. The minimum atomic E-state index is 0.716. The van der Waals surface area contributed by atoms with Gasteiger partial charge in [0.05, 0.1) is 7.11 Å². The lowest BCUT2D eigenvalue weighted by molar-refractivity contribution is 0.400. The Kier molecular flexibility index (Phi) is 5.34. The van der Waals surface area contributed by atoms with Gasteiger partial charge in [-0.25, -0.2) is 9.97 Å². The highest BCUT2D eigenvalue weighted by Gasteiger charge is 2.11. The zero-order valence-electron chi connectivity index (χ0n) is 10.1. The van der Waals surface area contributed by atoms with Crippen molar-refractivity contribution in [1.82, 2.24) is 14.9 Å². The topological polar surface area (TPSA) is 50.3 Å². The number of nitrogens with one attached hydrogen (secondary N) is 1. The highest BCUT2D eigenvalue weighted by Crippen LogP contribution is 2.31. The van der Waals surface area contributed by atoms with E-state index in [0.717, 1.165) is 23.1 Å². The van der Waals surface area contributed by atoms with Crippen LogP contribution in [0.15, 0.2) is 11.4 Å². The molecule has 6 heteroatoms. The highest BCUT2D eigenvalue weighted by atomic mass is 32.2. The van der Waals surface area contributed by atoms with Crippen molar-refractivity contribution in [2.24, 2.45) is 0 Å². The lowest BCUT2D eigenvalue weighted by Gasteiger charge is -2.12. The minimum Gasteiger partial charge on any atom is -0.490 e. The van der Waals surface area contributed by atoms with E-state index in [0.29, 0.717) is 5.75 Å². The average molecular weight is 242 g/mol. The van der Waals surface area contributed by atoms with Gasteiger partial charge in [-0.15, -0.1) is 11.8 Å². The molecule has 0 bridgehead atoms. The van der Waals surface area contributed by atoms with Crippen molar-refractivity contribution >= 4 is 17.6 Å². The van der Waals surface area contributed by atoms with Crippen LogP contribution in [0.2, 0.25) is 0 Å². The number of thioether (sulfide) groups is 1. The van der Waals surface area contributed by atoms with Crippen LogP contribution in [0.25, 0.3) is 0 Å². The zero-order chi connectivity index (χ0) is 12.0. The van der Waals surface area contributed by atoms with Gasteiger partial charge in [0.1, 0.15) is 11.4 Å². The van der Waals surface area contributed by atoms with E-state index < -0.39 is 0 Å². The van der Waals surface area contributed by atoms with Gasteiger partial charge in [0, 0.05) is 19.3 Å². The van der Waals surface area contributed by atoms with Crippen molar-refractivity contribution in [1.29, 1.82) is 0 Å². The third-order valence-corrected chi connectivity index (χ3v) is 2.94. The van der Waals surface area contributed by atoms with E-state index in [4.69, 9.17) is 4.74 Å². The summed E-state index contributed by atoms with van der Waals surface area (Å²) in [5.41, 5.74) is 0. The summed E-state index contributed by atoms with van der Waals surface area (Å²) < 4.78 is 5.30. The predicted molar refractivity (Wildman–Crippen MR) is 67.4 cm³/mol. The van der Waals surface area contributed by atoms with Crippen LogP contribution in [-0.4, -0.2) is 55.4 Å². The van der Waals surface area contributed by atoms with Crippen molar-refractivity contribution in [3.05, 3.63) is 6.33 Å². The minimum absolute atomic E-state index is 0.716. The third-order valence-electron chi connectivity index (χ3n) is 1.99. The molecule has 0 saturated carbocycles. The fourth-order valence-electron chi connectivity index (χ4n) is 1.15. The van der Waals surface area contributed by atoms with Gasteiger partial charge in [-0.1, -0.05) is 0 Å². The Balaban J connectivity index is 2.71. The molecule has 0 amide bonds. The summed E-state index contributed by atoms with van der Waals surface area (Å²) in [5.74, 6) is 2.42. The molecule has 0 radical (unpaired) electrons. The van der Waals surface area contributed by atoms with Gasteiger partial charge in [0.25, 0.3) is 0 Å². The van der Waals surface area contributed by atoms with Crippen LogP contribution in [0, 0.1) is 0 Å². The highest BCUT2D eigenvalue weighted by molar-refractivity contribution is 7.99. The Labute approximate surface area is 101 Å². The number of ether oxygens (including phenoxy) is 1. The van der Waals surface area contributed by atoms with E-state index >= 15 is 0 Å². The Bertz CT molecular complexity index is 333. The molecule has 0 saturated heterocycles. The molecule has 5 nitrogen and oxygen atoms in total. The Morgan fingerprint density at radius 2 is 2.19 bits per heavy atom. The summed E-state index contributed by atoms with van der Waals surface area (Å²) in [6.07, 6.45) is 1.55.